The Kier molecular flexibility index (Phi) is 4.71. The van der Waals surface area contributed by atoms with Crippen LogP contribution in [0.15, 0.2) is 18.2 Å². The second-order valence-corrected chi connectivity index (χ2v) is 5.68. The van der Waals surface area contributed by atoms with Crippen LogP contribution in [0, 0.1) is 0 Å². The molecule has 1 aromatic carbocycles. The van der Waals surface area contributed by atoms with Gasteiger partial charge in [-0.25, -0.2) is 0 Å². The third kappa shape index (κ3) is 3.21. The van der Waals surface area contributed by atoms with Crippen LogP contribution in [0.25, 0.3) is 11.3 Å². The minimum Gasteiger partial charge on any atom is -0.497 e. The van der Waals surface area contributed by atoms with E-state index in [0.717, 1.165) is 24.1 Å². The Morgan fingerprint density at radius 1 is 1.29 bits per heavy atom. The zero-order valence-corrected chi connectivity index (χ0v) is 14.0. The van der Waals surface area contributed by atoms with Gasteiger partial charge in [-0.15, -0.1) is 0 Å². The van der Waals surface area contributed by atoms with Crippen molar-refractivity contribution >= 4 is 11.6 Å². The summed E-state index contributed by atoms with van der Waals surface area (Å²) in [5, 5.41) is 10.4. The minimum absolute atomic E-state index is 0.00548. The van der Waals surface area contributed by atoms with Crippen LogP contribution in [0.4, 0.5) is 5.69 Å². The lowest BCUT2D eigenvalue weighted by atomic mass is 10.1. The molecule has 0 radical (unpaired) electrons. The van der Waals surface area contributed by atoms with E-state index in [1.54, 1.807) is 20.3 Å². The average molecular weight is 331 g/mol. The highest BCUT2D eigenvalue weighted by atomic mass is 16.5. The van der Waals surface area contributed by atoms with Crippen molar-refractivity contribution in [3.05, 3.63) is 23.9 Å². The number of hydrogen-bond acceptors (Lipinski definition) is 5. The molecule has 0 aliphatic heterocycles. The molecule has 1 aromatic heterocycles. The van der Waals surface area contributed by atoms with Gasteiger partial charge in [0.15, 0.2) is 0 Å². The molecule has 7 heteroatoms. The minimum atomic E-state index is -0.213. The van der Waals surface area contributed by atoms with Crippen LogP contribution in [0.5, 0.6) is 11.5 Å². The van der Waals surface area contributed by atoms with E-state index in [0.29, 0.717) is 28.8 Å². The smallest absolute Gasteiger partial charge is 0.250 e. The summed E-state index contributed by atoms with van der Waals surface area (Å²) in [7, 11) is 4.69. The Balaban J connectivity index is 2.02. The van der Waals surface area contributed by atoms with E-state index >= 15 is 0 Å². The molecular formula is C17H21N3O4. The number of aromatic amines is 1. The third-order valence-corrected chi connectivity index (χ3v) is 3.98. The normalized spacial score (nSPS) is 13.6. The highest BCUT2D eigenvalue weighted by Gasteiger charge is 2.31. The molecule has 3 rings (SSSR count). The predicted molar refractivity (Wildman–Crippen MR) is 89.6 cm³/mol. The molecule has 24 heavy (non-hydrogen) atoms. The van der Waals surface area contributed by atoms with Crippen LogP contribution in [0.1, 0.15) is 24.5 Å². The van der Waals surface area contributed by atoms with Crippen molar-refractivity contribution in [1.29, 1.82) is 0 Å². The number of hydrogen-bond donors (Lipinski definition) is 2. The summed E-state index contributed by atoms with van der Waals surface area (Å²) in [6, 6.07) is 5.50. The van der Waals surface area contributed by atoms with Gasteiger partial charge in [-0.3, -0.25) is 9.89 Å². The predicted octanol–water partition coefficient (Wildman–Crippen LogP) is 2.56. The Bertz CT molecular complexity index is 737. The lowest BCUT2D eigenvalue weighted by molar-refractivity contribution is -0.119. The number of methoxy groups -OCH3 is 3. The first-order valence-corrected chi connectivity index (χ1v) is 7.77. The number of benzene rings is 1. The monoisotopic (exact) mass is 331 g/mol. The summed E-state index contributed by atoms with van der Waals surface area (Å²) in [5.41, 5.74) is 3.09. The van der Waals surface area contributed by atoms with Crippen LogP contribution in [0.2, 0.25) is 0 Å². The molecule has 1 fully saturated rings. The van der Waals surface area contributed by atoms with Crippen molar-refractivity contribution < 1.29 is 19.0 Å². The highest BCUT2D eigenvalue weighted by molar-refractivity contribution is 5.97. The molecule has 1 aliphatic rings. The molecule has 0 unspecified atom stereocenters. The van der Waals surface area contributed by atoms with E-state index in [4.69, 9.17) is 14.2 Å². The molecule has 1 heterocycles. The van der Waals surface area contributed by atoms with Crippen LogP contribution in [0.3, 0.4) is 0 Å². The van der Waals surface area contributed by atoms with Crippen molar-refractivity contribution in [2.45, 2.75) is 18.8 Å². The number of anilines is 1. The molecule has 0 atom stereocenters. The second kappa shape index (κ2) is 6.92. The van der Waals surface area contributed by atoms with E-state index in [9.17, 15) is 4.79 Å². The molecule has 2 N–H and O–H groups in total. The fourth-order valence-corrected chi connectivity index (χ4v) is 2.65. The van der Waals surface area contributed by atoms with E-state index in [2.05, 4.69) is 15.5 Å². The van der Waals surface area contributed by atoms with Gasteiger partial charge in [0.1, 0.15) is 23.8 Å². The Hall–Kier alpha value is -2.54. The zero-order valence-electron chi connectivity index (χ0n) is 14.0. The van der Waals surface area contributed by atoms with Crippen molar-refractivity contribution in [3.63, 3.8) is 0 Å². The van der Waals surface area contributed by atoms with Crippen molar-refractivity contribution in [2.24, 2.45) is 0 Å². The van der Waals surface area contributed by atoms with Gasteiger partial charge in [-0.1, -0.05) is 0 Å². The average Bonchev–Trinajstić information content (AvgIpc) is 3.36. The molecule has 1 aliphatic carbocycles. The van der Waals surface area contributed by atoms with Crippen molar-refractivity contribution in [3.8, 4) is 22.8 Å². The number of nitrogens with one attached hydrogen (secondary N) is 2. The Labute approximate surface area is 140 Å². The van der Waals surface area contributed by atoms with Gasteiger partial charge in [0.2, 0.25) is 5.91 Å². The van der Waals surface area contributed by atoms with Gasteiger partial charge in [0.25, 0.3) is 0 Å². The van der Waals surface area contributed by atoms with Crippen molar-refractivity contribution in [2.75, 3.05) is 33.3 Å². The Morgan fingerprint density at radius 3 is 2.71 bits per heavy atom. The van der Waals surface area contributed by atoms with Crippen LogP contribution in [-0.2, 0) is 9.53 Å². The number of ether oxygens (including phenoxy) is 3. The molecule has 0 bridgehead atoms. The van der Waals surface area contributed by atoms with Crippen LogP contribution in [-0.4, -0.2) is 44.0 Å². The van der Waals surface area contributed by atoms with Crippen molar-refractivity contribution in [1.82, 2.24) is 10.2 Å². The van der Waals surface area contributed by atoms with Gasteiger partial charge in [-0.05, 0) is 25.0 Å². The molecule has 1 amide bonds. The topological polar surface area (TPSA) is 85.5 Å². The molecule has 0 spiro atoms. The largest absolute Gasteiger partial charge is 0.497 e. The van der Waals surface area contributed by atoms with Gasteiger partial charge in [-0.2, -0.15) is 5.10 Å². The maximum absolute atomic E-state index is 12.0. The van der Waals surface area contributed by atoms with E-state index in [1.165, 1.54) is 7.11 Å². The second-order valence-electron chi connectivity index (χ2n) is 5.68. The summed E-state index contributed by atoms with van der Waals surface area (Å²) in [6.07, 6.45) is 2.18. The molecule has 0 saturated heterocycles. The summed E-state index contributed by atoms with van der Waals surface area (Å²) < 4.78 is 15.6. The number of nitrogens with zero attached hydrogens (tertiary/aromatic N) is 1. The van der Waals surface area contributed by atoms with E-state index in [-0.39, 0.29) is 12.5 Å². The van der Waals surface area contributed by atoms with E-state index < -0.39 is 0 Å². The maximum Gasteiger partial charge on any atom is 0.250 e. The fraction of sp³-hybridized carbons (Fsp3) is 0.412. The van der Waals surface area contributed by atoms with E-state index in [1.807, 2.05) is 12.1 Å². The number of amides is 1. The van der Waals surface area contributed by atoms with Crippen LogP contribution >= 0.6 is 0 Å². The summed E-state index contributed by atoms with van der Waals surface area (Å²) in [5.74, 6) is 1.52. The lowest BCUT2D eigenvalue weighted by Crippen LogP contribution is -2.18. The quantitative estimate of drug-likeness (QED) is 0.814. The molecule has 7 nitrogen and oxygen atoms in total. The number of aromatic nitrogens is 2. The van der Waals surface area contributed by atoms with Gasteiger partial charge >= 0.3 is 0 Å². The molecular weight excluding hydrogens is 310 g/mol. The summed E-state index contributed by atoms with van der Waals surface area (Å²) in [4.78, 5) is 12.0. The number of carbonyl (C=O) groups excluding carboxylic acids is 1. The first kappa shape index (κ1) is 16.3. The lowest BCUT2D eigenvalue weighted by Gasteiger charge is -2.11. The molecule has 128 valence electrons. The number of rotatable bonds is 7. The molecule has 2 aromatic rings. The zero-order chi connectivity index (χ0) is 17.1. The first-order chi connectivity index (χ1) is 11.7. The number of H-pyrrole nitrogens is 1. The van der Waals surface area contributed by atoms with Gasteiger partial charge < -0.3 is 19.5 Å². The van der Waals surface area contributed by atoms with Crippen LogP contribution < -0.4 is 14.8 Å². The summed E-state index contributed by atoms with van der Waals surface area (Å²) in [6.45, 7) is -0.00548. The fourth-order valence-electron chi connectivity index (χ4n) is 2.65. The number of carbonyl (C=O) groups is 1. The summed E-state index contributed by atoms with van der Waals surface area (Å²) >= 11 is 0. The third-order valence-electron chi connectivity index (χ3n) is 3.98. The first-order valence-electron chi connectivity index (χ1n) is 7.77. The van der Waals surface area contributed by atoms with Gasteiger partial charge in [0, 0.05) is 24.7 Å². The standard InChI is InChI=1S/C17H21N3O4/c1-22-9-14(21)18-17-15(10-4-5-10)19-20-16(17)12-7-6-11(23-2)8-13(12)24-3/h6-8,10H,4-5,9H2,1-3H3,(H,18,21)(H,19,20). The molecule has 1 saturated carbocycles. The van der Waals surface area contributed by atoms with Gasteiger partial charge in [0.05, 0.1) is 25.6 Å². The highest BCUT2D eigenvalue weighted by Crippen LogP contribution is 2.46. The maximum atomic E-state index is 12.0. The Morgan fingerprint density at radius 2 is 2.08 bits per heavy atom. The SMILES string of the molecule is COCC(=O)Nc1c(-c2ccc(OC)cc2OC)n[nH]c1C1CC1.